The standard InChI is InChI=1S/C14H11N3O2/c15-8-10-3-4-16-9-12(10)17-11-1-2-13-14(7-11)19-6-5-18-13/h1-4,7,9,17H,5-6H2. The van der Waals surface area contributed by atoms with Crippen molar-refractivity contribution in [3.05, 3.63) is 42.2 Å². The molecular formula is C14H11N3O2. The Morgan fingerprint density at radius 2 is 2.00 bits per heavy atom. The third-order valence-corrected chi connectivity index (χ3v) is 2.76. The summed E-state index contributed by atoms with van der Waals surface area (Å²) in [7, 11) is 0. The molecule has 3 rings (SSSR count). The van der Waals surface area contributed by atoms with Gasteiger partial charge in [0.15, 0.2) is 11.5 Å². The zero-order chi connectivity index (χ0) is 13.1. The van der Waals surface area contributed by atoms with Crippen LogP contribution in [-0.2, 0) is 0 Å². The zero-order valence-electron chi connectivity index (χ0n) is 10.1. The molecule has 0 amide bonds. The van der Waals surface area contributed by atoms with Gasteiger partial charge in [-0.2, -0.15) is 5.26 Å². The van der Waals surface area contributed by atoms with Crippen LogP contribution in [0, 0.1) is 11.3 Å². The lowest BCUT2D eigenvalue weighted by Crippen LogP contribution is -2.15. The summed E-state index contributed by atoms with van der Waals surface area (Å²) in [4.78, 5) is 4.01. The monoisotopic (exact) mass is 253 g/mol. The van der Waals surface area contributed by atoms with Crippen molar-refractivity contribution in [2.45, 2.75) is 0 Å². The quantitative estimate of drug-likeness (QED) is 0.890. The molecule has 1 N–H and O–H groups in total. The molecule has 0 saturated carbocycles. The van der Waals surface area contributed by atoms with Crippen molar-refractivity contribution in [1.82, 2.24) is 4.98 Å². The van der Waals surface area contributed by atoms with Gasteiger partial charge < -0.3 is 14.8 Å². The fourth-order valence-corrected chi connectivity index (χ4v) is 1.87. The SMILES string of the molecule is N#Cc1ccncc1Nc1ccc2c(c1)OCCO2. The third-order valence-electron chi connectivity index (χ3n) is 2.76. The van der Waals surface area contributed by atoms with Gasteiger partial charge in [-0.15, -0.1) is 0 Å². The zero-order valence-corrected chi connectivity index (χ0v) is 10.1. The Morgan fingerprint density at radius 3 is 2.84 bits per heavy atom. The molecule has 0 fully saturated rings. The van der Waals surface area contributed by atoms with Gasteiger partial charge in [-0.05, 0) is 18.2 Å². The van der Waals surface area contributed by atoms with E-state index < -0.39 is 0 Å². The summed E-state index contributed by atoms with van der Waals surface area (Å²) in [6, 6.07) is 9.36. The third kappa shape index (κ3) is 2.29. The van der Waals surface area contributed by atoms with Crippen LogP contribution in [0.15, 0.2) is 36.7 Å². The molecule has 1 aromatic carbocycles. The van der Waals surface area contributed by atoms with Crippen LogP contribution in [0.25, 0.3) is 0 Å². The lowest BCUT2D eigenvalue weighted by atomic mass is 10.2. The van der Waals surface area contributed by atoms with Crippen LogP contribution >= 0.6 is 0 Å². The van der Waals surface area contributed by atoms with Crippen molar-refractivity contribution in [1.29, 1.82) is 5.26 Å². The number of aromatic nitrogens is 1. The van der Waals surface area contributed by atoms with Crippen LogP contribution in [0.4, 0.5) is 11.4 Å². The molecule has 0 atom stereocenters. The number of nitrogens with one attached hydrogen (secondary N) is 1. The number of hydrogen-bond donors (Lipinski definition) is 1. The molecule has 5 nitrogen and oxygen atoms in total. The molecule has 1 aliphatic rings. The van der Waals surface area contributed by atoms with Crippen LogP contribution in [0.5, 0.6) is 11.5 Å². The molecule has 0 radical (unpaired) electrons. The van der Waals surface area contributed by atoms with E-state index in [1.165, 1.54) is 0 Å². The van der Waals surface area contributed by atoms with E-state index in [9.17, 15) is 0 Å². The van der Waals surface area contributed by atoms with E-state index in [2.05, 4.69) is 16.4 Å². The molecule has 1 aliphatic heterocycles. The largest absolute Gasteiger partial charge is 0.486 e. The number of ether oxygens (including phenoxy) is 2. The first-order valence-electron chi connectivity index (χ1n) is 5.87. The van der Waals surface area contributed by atoms with Crippen molar-refractivity contribution in [2.75, 3.05) is 18.5 Å². The number of fused-ring (bicyclic) bond motifs is 1. The van der Waals surface area contributed by atoms with Crippen molar-refractivity contribution in [3.63, 3.8) is 0 Å². The first kappa shape index (κ1) is 11.4. The van der Waals surface area contributed by atoms with E-state index in [0.717, 1.165) is 11.4 Å². The number of anilines is 2. The van der Waals surface area contributed by atoms with E-state index in [1.807, 2.05) is 18.2 Å². The number of nitrogens with zero attached hydrogens (tertiary/aromatic N) is 2. The molecule has 0 spiro atoms. The summed E-state index contributed by atoms with van der Waals surface area (Å²) in [6.45, 7) is 1.12. The van der Waals surface area contributed by atoms with Gasteiger partial charge in [-0.3, -0.25) is 4.98 Å². The fraction of sp³-hybridized carbons (Fsp3) is 0.143. The predicted molar refractivity (Wildman–Crippen MR) is 69.7 cm³/mol. The Morgan fingerprint density at radius 1 is 1.16 bits per heavy atom. The summed E-state index contributed by atoms with van der Waals surface area (Å²) in [5, 5.41) is 12.2. The van der Waals surface area contributed by atoms with E-state index >= 15 is 0 Å². The smallest absolute Gasteiger partial charge is 0.163 e. The summed E-state index contributed by atoms with van der Waals surface area (Å²) in [5.41, 5.74) is 2.04. The molecule has 94 valence electrons. The molecule has 0 aliphatic carbocycles. The van der Waals surface area contributed by atoms with Gasteiger partial charge in [0.2, 0.25) is 0 Å². The van der Waals surface area contributed by atoms with E-state index in [-0.39, 0.29) is 0 Å². The average Bonchev–Trinajstić information content (AvgIpc) is 2.48. The molecule has 2 heterocycles. The minimum atomic E-state index is 0.546. The minimum Gasteiger partial charge on any atom is -0.486 e. The Labute approximate surface area is 110 Å². The highest BCUT2D eigenvalue weighted by molar-refractivity contribution is 5.67. The summed E-state index contributed by atoms with van der Waals surface area (Å²) in [5.74, 6) is 1.45. The second-order valence-electron chi connectivity index (χ2n) is 4.02. The highest BCUT2D eigenvalue weighted by Gasteiger charge is 2.12. The van der Waals surface area contributed by atoms with Gasteiger partial charge in [0.05, 0.1) is 17.4 Å². The van der Waals surface area contributed by atoms with Gasteiger partial charge in [0.25, 0.3) is 0 Å². The molecular weight excluding hydrogens is 242 g/mol. The van der Waals surface area contributed by atoms with Crippen LogP contribution in [-0.4, -0.2) is 18.2 Å². The van der Waals surface area contributed by atoms with E-state index in [1.54, 1.807) is 18.5 Å². The minimum absolute atomic E-state index is 0.546. The number of pyridine rings is 1. The van der Waals surface area contributed by atoms with Crippen molar-refractivity contribution in [3.8, 4) is 17.6 Å². The molecule has 5 heteroatoms. The average molecular weight is 253 g/mol. The van der Waals surface area contributed by atoms with Crippen molar-refractivity contribution < 1.29 is 9.47 Å². The van der Waals surface area contributed by atoms with Crippen LogP contribution in [0.2, 0.25) is 0 Å². The van der Waals surface area contributed by atoms with Crippen molar-refractivity contribution in [2.24, 2.45) is 0 Å². The molecule has 19 heavy (non-hydrogen) atoms. The first-order chi connectivity index (χ1) is 9.36. The lowest BCUT2D eigenvalue weighted by Gasteiger charge is -2.19. The first-order valence-corrected chi connectivity index (χ1v) is 5.87. The number of rotatable bonds is 2. The van der Waals surface area contributed by atoms with Gasteiger partial charge in [-0.1, -0.05) is 0 Å². The van der Waals surface area contributed by atoms with Gasteiger partial charge in [0.1, 0.15) is 19.3 Å². The molecule has 0 saturated heterocycles. The summed E-state index contributed by atoms with van der Waals surface area (Å²) >= 11 is 0. The second-order valence-corrected chi connectivity index (χ2v) is 4.02. The summed E-state index contributed by atoms with van der Waals surface area (Å²) < 4.78 is 11.0. The number of benzene rings is 1. The second kappa shape index (κ2) is 4.86. The highest BCUT2D eigenvalue weighted by atomic mass is 16.6. The maximum Gasteiger partial charge on any atom is 0.163 e. The highest BCUT2D eigenvalue weighted by Crippen LogP contribution is 2.33. The number of nitriles is 1. The molecule has 2 aromatic rings. The maximum absolute atomic E-state index is 9.03. The van der Waals surface area contributed by atoms with Gasteiger partial charge in [0, 0.05) is 18.0 Å². The maximum atomic E-state index is 9.03. The van der Waals surface area contributed by atoms with E-state index in [0.29, 0.717) is 30.2 Å². The fourth-order valence-electron chi connectivity index (χ4n) is 1.87. The Kier molecular flexibility index (Phi) is 2.91. The van der Waals surface area contributed by atoms with Crippen LogP contribution in [0.1, 0.15) is 5.56 Å². The molecule has 0 bridgehead atoms. The van der Waals surface area contributed by atoms with Crippen LogP contribution in [0.3, 0.4) is 0 Å². The molecule has 1 aromatic heterocycles. The van der Waals surface area contributed by atoms with Crippen molar-refractivity contribution >= 4 is 11.4 Å². The molecule has 0 unspecified atom stereocenters. The normalized spacial score (nSPS) is 12.6. The summed E-state index contributed by atoms with van der Waals surface area (Å²) in [6.07, 6.45) is 3.21. The Bertz CT molecular complexity index is 649. The lowest BCUT2D eigenvalue weighted by molar-refractivity contribution is 0.171. The van der Waals surface area contributed by atoms with Gasteiger partial charge >= 0.3 is 0 Å². The number of hydrogen-bond acceptors (Lipinski definition) is 5. The van der Waals surface area contributed by atoms with Gasteiger partial charge in [-0.25, -0.2) is 0 Å². The Hall–Kier alpha value is -2.74. The van der Waals surface area contributed by atoms with Crippen LogP contribution < -0.4 is 14.8 Å². The topological polar surface area (TPSA) is 67.2 Å². The predicted octanol–water partition coefficient (Wildman–Crippen LogP) is 2.47. The van der Waals surface area contributed by atoms with E-state index in [4.69, 9.17) is 14.7 Å². The Balaban J connectivity index is 1.89.